The molecule has 4 N–H and O–H groups in total. The number of ether oxygens (including phenoxy) is 2. The van der Waals surface area contributed by atoms with Gasteiger partial charge in [-0.15, -0.1) is 11.8 Å². The molecule has 0 aromatic heterocycles. The highest BCUT2D eigenvalue weighted by atomic mass is 32.2. The van der Waals surface area contributed by atoms with Gasteiger partial charge in [-0.05, 0) is 82.7 Å². The molecule has 1 aliphatic carbocycles. The summed E-state index contributed by atoms with van der Waals surface area (Å²) in [4.78, 5) is 19.7. The molecule has 0 spiro atoms. The number of halogens is 1. The zero-order valence-electron chi connectivity index (χ0n) is 20.0. The SMILES string of the molecule is CSc1ccc(N=C(NN)C(C)C(=N)OCC2CC3CCC(C2)N3C(=O)OC2(C)CC2)c(F)c1. The van der Waals surface area contributed by atoms with Crippen LogP contribution in [-0.2, 0) is 9.47 Å². The number of amides is 1. The number of hydrazine groups is 1. The predicted octanol–water partition coefficient (Wildman–Crippen LogP) is 4.60. The Morgan fingerprint density at radius 1 is 1.38 bits per heavy atom. The molecular formula is C24H34FN5O3S. The Bertz CT molecular complexity index is 956. The third kappa shape index (κ3) is 5.49. The van der Waals surface area contributed by atoms with E-state index in [2.05, 4.69) is 10.4 Å². The maximum atomic E-state index is 14.3. The van der Waals surface area contributed by atoms with Gasteiger partial charge < -0.3 is 19.8 Å². The zero-order valence-corrected chi connectivity index (χ0v) is 20.8. The molecule has 2 bridgehead atoms. The number of piperidine rings is 1. The van der Waals surface area contributed by atoms with Gasteiger partial charge in [-0.2, -0.15) is 0 Å². The Labute approximate surface area is 204 Å². The van der Waals surface area contributed by atoms with E-state index in [1.54, 1.807) is 19.1 Å². The average molecular weight is 492 g/mol. The second-order valence-corrected chi connectivity index (χ2v) is 10.7. The molecule has 34 heavy (non-hydrogen) atoms. The summed E-state index contributed by atoms with van der Waals surface area (Å²) in [6.07, 6.45) is 7.22. The molecule has 3 aliphatic rings. The van der Waals surface area contributed by atoms with Crippen molar-refractivity contribution in [3.63, 3.8) is 0 Å². The number of rotatable bonds is 7. The maximum Gasteiger partial charge on any atom is 0.410 e. The number of hydrogen-bond acceptors (Lipinski definition) is 7. The van der Waals surface area contributed by atoms with Crippen molar-refractivity contribution in [2.45, 2.75) is 75.0 Å². The van der Waals surface area contributed by atoms with E-state index in [-0.39, 0.29) is 47.1 Å². The van der Waals surface area contributed by atoms with Gasteiger partial charge in [0.05, 0.1) is 12.5 Å². The van der Waals surface area contributed by atoms with Gasteiger partial charge >= 0.3 is 6.09 Å². The molecule has 1 amide bonds. The quantitative estimate of drug-likeness (QED) is 0.169. The van der Waals surface area contributed by atoms with Gasteiger partial charge in [-0.1, -0.05) is 0 Å². The molecule has 3 fully saturated rings. The third-order valence-electron chi connectivity index (χ3n) is 7.15. The smallest absolute Gasteiger partial charge is 0.410 e. The molecule has 0 radical (unpaired) electrons. The van der Waals surface area contributed by atoms with E-state index in [1.807, 2.05) is 18.1 Å². The number of aliphatic imine (C=N–C) groups is 1. The molecule has 3 unspecified atom stereocenters. The highest BCUT2D eigenvalue weighted by Gasteiger charge is 2.48. The summed E-state index contributed by atoms with van der Waals surface area (Å²) in [5.41, 5.74) is 2.38. The van der Waals surface area contributed by atoms with Crippen molar-refractivity contribution in [1.29, 1.82) is 5.41 Å². The minimum Gasteiger partial charge on any atom is -0.480 e. The minimum atomic E-state index is -0.560. The number of nitrogens with one attached hydrogen (secondary N) is 2. The van der Waals surface area contributed by atoms with Crippen LogP contribution >= 0.6 is 11.8 Å². The maximum absolute atomic E-state index is 14.3. The molecule has 2 heterocycles. The Kier molecular flexibility index (Phi) is 7.37. The molecule has 10 heteroatoms. The van der Waals surface area contributed by atoms with Crippen molar-refractivity contribution in [1.82, 2.24) is 10.3 Å². The first-order chi connectivity index (χ1) is 16.2. The largest absolute Gasteiger partial charge is 0.480 e. The summed E-state index contributed by atoms with van der Waals surface area (Å²) >= 11 is 1.45. The van der Waals surface area contributed by atoms with Crippen molar-refractivity contribution in [3.8, 4) is 0 Å². The van der Waals surface area contributed by atoms with Gasteiger partial charge in [-0.25, -0.2) is 20.0 Å². The highest BCUT2D eigenvalue weighted by Crippen LogP contribution is 2.43. The predicted molar refractivity (Wildman–Crippen MR) is 131 cm³/mol. The Balaban J connectivity index is 1.31. The van der Waals surface area contributed by atoms with Gasteiger partial charge in [0.1, 0.15) is 22.9 Å². The number of hydrogen-bond donors (Lipinski definition) is 3. The fourth-order valence-corrected chi connectivity index (χ4v) is 5.24. The van der Waals surface area contributed by atoms with Crippen LogP contribution in [0.2, 0.25) is 0 Å². The van der Waals surface area contributed by atoms with E-state index in [0.29, 0.717) is 6.61 Å². The molecule has 1 aromatic carbocycles. The number of carbonyl (C=O) groups excluding carboxylic acids is 1. The average Bonchev–Trinajstić information content (AvgIpc) is 3.48. The van der Waals surface area contributed by atoms with Gasteiger partial charge in [0, 0.05) is 17.0 Å². The van der Waals surface area contributed by atoms with E-state index in [0.717, 1.165) is 43.4 Å². The van der Waals surface area contributed by atoms with Gasteiger partial charge in [-0.3, -0.25) is 5.41 Å². The third-order valence-corrected chi connectivity index (χ3v) is 7.88. The Morgan fingerprint density at radius 3 is 2.62 bits per heavy atom. The summed E-state index contributed by atoms with van der Waals surface area (Å²) in [5.74, 6) is 5.16. The summed E-state index contributed by atoms with van der Waals surface area (Å²) in [7, 11) is 0. The Hall–Kier alpha value is -2.33. The van der Waals surface area contributed by atoms with Crippen LogP contribution in [-0.4, -0.2) is 53.3 Å². The lowest BCUT2D eigenvalue weighted by atomic mass is 9.91. The Morgan fingerprint density at radius 2 is 2.06 bits per heavy atom. The fourth-order valence-electron chi connectivity index (χ4n) is 4.81. The molecule has 8 nitrogen and oxygen atoms in total. The normalized spacial score (nSPS) is 26.1. The van der Waals surface area contributed by atoms with Crippen molar-refractivity contribution >= 4 is 35.3 Å². The molecule has 2 saturated heterocycles. The van der Waals surface area contributed by atoms with Crippen molar-refractivity contribution in [2.75, 3.05) is 12.9 Å². The lowest BCUT2D eigenvalue weighted by molar-refractivity contribution is 0.0211. The van der Waals surface area contributed by atoms with Crippen LogP contribution in [0, 0.1) is 23.1 Å². The molecule has 2 aliphatic heterocycles. The topological polar surface area (TPSA) is 113 Å². The van der Waals surface area contributed by atoms with E-state index in [4.69, 9.17) is 20.7 Å². The second kappa shape index (κ2) is 10.1. The fraction of sp³-hybridized carbons (Fsp3) is 0.625. The summed E-state index contributed by atoms with van der Waals surface area (Å²) in [5, 5.41) is 8.38. The van der Waals surface area contributed by atoms with E-state index >= 15 is 0 Å². The summed E-state index contributed by atoms with van der Waals surface area (Å²) in [6, 6.07) is 5.14. The first-order valence-electron chi connectivity index (χ1n) is 11.8. The lowest BCUT2D eigenvalue weighted by Gasteiger charge is -2.38. The lowest BCUT2D eigenvalue weighted by Crippen LogP contribution is -2.48. The van der Waals surface area contributed by atoms with E-state index in [1.165, 1.54) is 17.8 Å². The van der Waals surface area contributed by atoms with E-state index in [9.17, 15) is 9.18 Å². The van der Waals surface area contributed by atoms with Crippen LogP contribution in [0.3, 0.4) is 0 Å². The van der Waals surface area contributed by atoms with Gasteiger partial charge in [0.25, 0.3) is 0 Å². The minimum absolute atomic E-state index is 0.0219. The number of fused-ring (bicyclic) bond motifs is 2. The first kappa shape index (κ1) is 24.8. The van der Waals surface area contributed by atoms with E-state index < -0.39 is 11.7 Å². The van der Waals surface area contributed by atoms with Crippen LogP contribution in [0.4, 0.5) is 14.9 Å². The molecule has 1 saturated carbocycles. The number of carbonyl (C=O) groups is 1. The molecular weight excluding hydrogens is 457 g/mol. The highest BCUT2D eigenvalue weighted by molar-refractivity contribution is 7.98. The summed E-state index contributed by atoms with van der Waals surface area (Å²) in [6.45, 7) is 4.13. The van der Waals surface area contributed by atoms with Crippen molar-refractivity contribution in [2.24, 2.45) is 22.7 Å². The molecule has 3 atom stereocenters. The van der Waals surface area contributed by atoms with Crippen LogP contribution < -0.4 is 11.3 Å². The molecule has 4 rings (SSSR count). The van der Waals surface area contributed by atoms with Gasteiger partial charge in [0.2, 0.25) is 0 Å². The number of amidine groups is 1. The van der Waals surface area contributed by atoms with Crippen LogP contribution in [0.1, 0.15) is 52.4 Å². The summed E-state index contributed by atoms with van der Waals surface area (Å²) < 4.78 is 25.9. The van der Waals surface area contributed by atoms with Crippen LogP contribution in [0.5, 0.6) is 0 Å². The van der Waals surface area contributed by atoms with Crippen molar-refractivity contribution < 1.29 is 18.7 Å². The van der Waals surface area contributed by atoms with Crippen molar-refractivity contribution in [3.05, 3.63) is 24.0 Å². The van der Waals surface area contributed by atoms with Gasteiger partial charge in [0.15, 0.2) is 5.90 Å². The first-order valence-corrected chi connectivity index (χ1v) is 13.1. The van der Waals surface area contributed by atoms with Crippen LogP contribution in [0.15, 0.2) is 28.1 Å². The number of benzene rings is 1. The monoisotopic (exact) mass is 491 g/mol. The number of nitrogens with zero attached hydrogens (tertiary/aromatic N) is 2. The number of nitrogens with two attached hydrogens (primary N) is 1. The molecule has 1 aromatic rings. The standard InChI is InChI=1S/C24H34FN5O3S/c1-14(22(29-27)28-20-7-6-18(34-3)12-19(20)25)21(26)32-13-15-10-16-4-5-17(11-15)30(16)23(31)33-24(2)8-9-24/h6-7,12,14-17,26H,4-5,8-11,13,27H2,1-3H3,(H,28,29). The molecule has 186 valence electrons. The zero-order chi connectivity index (χ0) is 24.5. The number of thioether (sulfide) groups is 1. The van der Waals surface area contributed by atoms with Crippen LogP contribution in [0.25, 0.3) is 0 Å². The second-order valence-electron chi connectivity index (χ2n) is 9.80.